The van der Waals surface area contributed by atoms with E-state index in [1.54, 1.807) is 23.5 Å². The zero-order chi connectivity index (χ0) is 32.5. The van der Waals surface area contributed by atoms with E-state index in [0.717, 1.165) is 31.1 Å². The molecular weight excluding hydrogens is 676 g/mol. The van der Waals surface area contributed by atoms with Crippen molar-refractivity contribution in [3.05, 3.63) is 197 Å². The summed E-state index contributed by atoms with van der Waals surface area (Å²) in [5.74, 6) is -0.157. The third-order valence-electron chi connectivity index (χ3n) is 7.50. The molecule has 0 fully saturated rings. The first-order valence-corrected chi connectivity index (χ1v) is 19.3. The van der Waals surface area contributed by atoms with E-state index in [2.05, 4.69) is 84.2 Å². The van der Waals surface area contributed by atoms with Crippen molar-refractivity contribution in [2.75, 3.05) is 0 Å². The molecule has 0 spiro atoms. The van der Waals surface area contributed by atoms with Crippen LogP contribution in [0, 0.1) is 0 Å². The lowest BCUT2D eigenvalue weighted by molar-refractivity contribution is 0.0968. The van der Waals surface area contributed by atoms with Gasteiger partial charge in [0, 0.05) is 31.5 Å². The molecule has 0 aromatic heterocycles. The van der Waals surface area contributed by atoms with Gasteiger partial charge in [-0.05, 0) is 97.1 Å². The molecule has 1 N–H and O–H groups in total. The van der Waals surface area contributed by atoms with Gasteiger partial charge in [0.25, 0.3) is 5.91 Å². The van der Waals surface area contributed by atoms with Gasteiger partial charge in [0.05, 0.1) is 4.58 Å². The predicted octanol–water partition coefficient (Wildman–Crippen LogP) is 10.5. The van der Waals surface area contributed by atoms with Crippen LogP contribution < -0.4 is 21.2 Å². The maximum atomic E-state index is 14.2. The second-order valence-electron chi connectivity index (χ2n) is 10.6. The van der Waals surface area contributed by atoms with Gasteiger partial charge < -0.3 is 0 Å². The maximum Gasteiger partial charge on any atom is 0.258 e. The van der Waals surface area contributed by atoms with Crippen LogP contribution in [-0.4, -0.2) is 10.5 Å². The Hall–Kier alpha value is -3.76. The van der Waals surface area contributed by atoms with Gasteiger partial charge in [-0.25, -0.2) is 0 Å². The quantitative estimate of drug-likeness (QED) is 0.0826. The topological polar surface area (TPSA) is 29.1 Å². The first-order valence-electron chi connectivity index (χ1n) is 15.0. The van der Waals surface area contributed by atoms with Gasteiger partial charge in [0.2, 0.25) is 0 Å². The van der Waals surface area contributed by atoms with Crippen LogP contribution in [0.2, 0.25) is 10.0 Å². The number of thioether (sulfide) groups is 2. The lowest BCUT2D eigenvalue weighted by atomic mass is 10.2. The first-order chi connectivity index (χ1) is 23.0. The molecule has 0 bridgehead atoms. The number of hydrogen-bond acceptors (Lipinski definition) is 3. The van der Waals surface area contributed by atoms with E-state index in [1.165, 1.54) is 0 Å². The van der Waals surface area contributed by atoms with Gasteiger partial charge in [-0.1, -0.05) is 96.0 Å². The summed E-state index contributed by atoms with van der Waals surface area (Å²) in [4.78, 5) is 16.3. The molecule has 0 unspecified atom stereocenters. The van der Waals surface area contributed by atoms with Gasteiger partial charge in [-0.3, -0.25) is 10.1 Å². The van der Waals surface area contributed by atoms with Crippen LogP contribution in [0.3, 0.4) is 0 Å². The molecule has 7 heteroatoms. The normalized spacial score (nSPS) is 11.8. The molecule has 1 amide bonds. The number of halogens is 2. The van der Waals surface area contributed by atoms with E-state index in [9.17, 15) is 4.79 Å². The molecule has 232 valence electrons. The summed E-state index contributed by atoms with van der Waals surface area (Å²) < 4.78 is -0.140. The van der Waals surface area contributed by atoms with Crippen LogP contribution in [0.5, 0.6) is 0 Å². The Kier molecular flexibility index (Phi) is 11.2. The summed E-state index contributed by atoms with van der Waals surface area (Å²) in [7, 11) is -2.66. The van der Waals surface area contributed by atoms with Crippen molar-refractivity contribution < 1.29 is 4.79 Å². The lowest BCUT2D eigenvalue weighted by Gasteiger charge is -2.30. The zero-order valence-electron chi connectivity index (χ0n) is 25.2. The predicted molar refractivity (Wildman–Crippen MR) is 206 cm³/mol. The van der Waals surface area contributed by atoms with Gasteiger partial charge in [0.15, 0.2) is 12.7 Å². The molecule has 6 aromatic carbocycles. The molecule has 47 heavy (non-hydrogen) atoms. The number of rotatable bonds is 11. The Balaban J connectivity index is 1.62. The number of hydrogen-bond donors (Lipinski definition) is 1. The maximum absolute atomic E-state index is 14.2. The summed E-state index contributed by atoms with van der Waals surface area (Å²) in [6.45, 7) is 0. The minimum atomic E-state index is -2.66. The number of carbonyl (C=O) groups is 1. The van der Waals surface area contributed by atoms with E-state index in [-0.39, 0.29) is 10.5 Å². The van der Waals surface area contributed by atoms with Crippen molar-refractivity contribution in [2.45, 2.75) is 14.4 Å². The summed E-state index contributed by atoms with van der Waals surface area (Å²) in [6, 6.07) is 56.9. The molecule has 0 aliphatic carbocycles. The number of carbonyl (C=O) groups excluding carboxylic acids is 1. The number of amides is 1. The third-order valence-corrected chi connectivity index (χ3v) is 14.6. The summed E-state index contributed by atoms with van der Waals surface area (Å²) >= 11 is 16.0. The SMILES string of the molecule is O=C(N/C(=C/C(Sc1ccc(Cl)cc1)Sc1ccc(Cl)cc1)[P+](c1ccccc1)(c1ccccc1)c1ccccc1)c1ccccc1. The smallest absolute Gasteiger partial charge is 0.258 e. The zero-order valence-corrected chi connectivity index (χ0v) is 29.3. The molecule has 0 aliphatic rings. The van der Waals surface area contributed by atoms with E-state index in [0.29, 0.717) is 15.6 Å². The van der Waals surface area contributed by atoms with Gasteiger partial charge in [-0.2, -0.15) is 0 Å². The largest absolute Gasteiger partial charge is 0.292 e. The fourth-order valence-electron chi connectivity index (χ4n) is 5.35. The molecule has 0 radical (unpaired) electrons. The van der Waals surface area contributed by atoms with Crippen LogP contribution in [0.25, 0.3) is 0 Å². The van der Waals surface area contributed by atoms with Gasteiger partial charge in [-0.15, -0.1) is 23.5 Å². The molecule has 0 heterocycles. The molecule has 6 aromatic rings. The monoisotopic (exact) mass is 706 g/mol. The summed E-state index contributed by atoms with van der Waals surface area (Å²) in [6.07, 6.45) is 2.25. The molecule has 6 rings (SSSR count). The molecule has 2 nitrogen and oxygen atoms in total. The number of nitrogens with one attached hydrogen (secondary N) is 1. The Labute approximate surface area is 295 Å². The molecule has 0 saturated carbocycles. The highest BCUT2D eigenvalue weighted by Crippen LogP contribution is 2.62. The van der Waals surface area contributed by atoms with Crippen molar-refractivity contribution in [3.63, 3.8) is 0 Å². The Bertz CT molecular complexity index is 1780. The van der Waals surface area contributed by atoms with E-state index < -0.39 is 7.26 Å². The van der Waals surface area contributed by atoms with Crippen LogP contribution in [-0.2, 0) is 0 Å². The molecule has 0 saturated heterocycles. The van der Waals surface area contributed by atoms with Gasteiger partial charge >= 0.3 is 0 Å². The highest BCUT2D eigenvalue weighted by atomic mass is 35.5. The average Bonchev–Trinajstić information content (AvgIpc) is 3.12. The second-order valence-corrected chi connectivity index (χ2v) is 17.5. The summed E-state index contributed by atoms with van der Waals surface area (Å²) in [5, 5.41) is 8.29. The van der Waals surface area contributed by atoms with Crippen LogP contribution in [0.15, 0.2) is 191 Å². The number of benzene rings is 6. The van der Waals surface area contributed by atoms with Crippen LogP contribution in [0.1, 0.15) is 10.4 Å². The standard InChI is InChI=1S/C40H30Cl2NOPS2/c41-31-21-25-36(26-22-31)46-39(47-37-27-23-32(42)24-28-37)29-38(43-40(44)30-13-5-1-6-14-30)45(33-15-7-2-8-16-33,34-17-9-3-10-18-34)35-19-11-4-12-20-35/h1-29,39H/p+1/b38-29-. The van der Waals surface area contributed by atoms with Crippen molar-refractivity contribution in [1.29, 1.82) is 0 Å². The molecule has 0 atom stereocenters. The Morgan fingerprint density at radius 3 is 1.28 bits per heavy atom. The fourth-order valence-corrected chi connectivity index (χ4v) is 12.4. The van der Waals surface area contributed by atoms with E-state index >= 15 is 0 Å². The summed E-state index contributed by atoms with van der Waals surface area (Å²) in [5.41, 5.74) is 1.46. The minimum Gasteiger partial charge on any atom is -0.292 e. The van der Waals surface area contributed by atoms with E-state index in [1.807, 2.05) is 97.1 Å². The lowest BCUT2D eigenvalue weighted by Crippen LogP contribution is -2.38. The highest BCUT2D eigenvalue weighted by molar-refractivity contribution is 8.17. The van der Waals surface area contributed by atoms with Crippen molar-refractivity contribution in [3.8, 4) is 0 Å². The molecular formula is C40H31Cl2NOPS2+. The van der Waals surface area contributed by atoms with Crippen molar-refractivity contribution in [2.24, 2.45) is 0 Å². The third kappa shape index (κ3) is 8.04. The van der Waals surface area contributed by atoms with E-state index in [4.69, 9.17) is 23.2 Å². The fraction of sp³-hybridized carbons (Fsp3) is 0.0250. The van der Waals surface area contributed by atoms with Crippen LogP contribution >= 0.6 is 54.0 Å². The molecule has 0 aliphatic heterocycles. The highest BCUT2D eigenvalue weighted by Gasteiger charge is 2.51. The van der Waals surface area contributed by atoms with Crippen LogP contribution in [0.4, 0.5) is 0 Å². The second kappa shape index (κ2) is 15.9. The first kappa shape index (κ1) is 33.2. The van der Waals surface area contributed by atoms with Crippen molar-refractivity contribution in [1.82, 2.24) is 5.32 Å². The van der Waals surface area contributed by atoms with Crippen molar-refractivity contribution >= 4 is 75.8 Å². The Morgan fingerprint density at radius 1 is 0.532 bits per heavy atom. The minimum absolute atomic E-state index is 0.140. The Morgan fingerprint density at radius 2 is 0.894 bits per heavy atom. The average molecular weight is 708 g/mol. The van der Waals surface area contributed by atoms with Gasteiger partial charge in [0.1, 0.15) is 15.9 Å².